The zero-order valence-electron chi connectivity index (χ0n) is 14.7. The molecule has 0 bridgehead atoms. The van der Waals surface area contributed by atoms with Crippen LogP contribution in [0.4, 0.5) is 4.39 Å². The Morgan fingerprint density at radius 1 is 1.04 bits per heavy atom. The number of hydrogen-bond donors (Lipinski definition) is 0. The van der Waals surface area contributed by atoms with Crippen molar-refractivity contribution in [2.45, 2.75) is 20.5 Å². The number of nitrogens with zero attached hydrogens (tertiary/aromatic N) is 2. The van der Waals surface area contributed by atoms with Gasteiger partial charge in [0, 0.05) is 22.6 Å². The largest absolute Gasteiger partial charge is 0.483 e. The summed E-state index contributed by atoms with van der Waals surface area (Å²) in [4.78, 5) is 11.6. The average Bonchev–Trinajstić information content (AvgIpc) is 3.11. The van der Waals surface area contributed by atoms with Gasteiger partial charge >= 0.3 is 5.63 Å². The van der Waals surface area contributed by atoms with Gasteiger partial charge in [-0.15, -0.1) is 10.2 Å². The molecule has 0 saturated carbocycles. The van der Waals surface area contributed by atoms with Gasteiger partial charge in [0.1, 0.15) is 17.1 Å². The van der Waals surface area contributed by atoms with Gasteiger partial charge in [-0.3, -0.25) is 0 Å². The molecule has 4 rings (SSSR count). The highest BCUT2D eigenvalue weighted by Gasteiger charge is 2.13. The maximum absolute atomic E-state index is 13.0. The van der Waals surface area contributed by atoms with Crippen LogP contribution in [0.3, 0.4) is 0 Å². The van der Waals surface area contributed by atoms with Crippen LogP contribution < -0.4 is 10.4 Å². The number of fused-ring (bicyclic) bond motifs is 1. The number of hydrogen-bond acceptors (Lipinski definition) is 6. The zero-order valence-corrected chi connectivity index (χ0v) is 14.7. The third-order valence-electron chi connectivity index (χ3n) is 4.23. The number of rotatable bonds is 4. The van der Waals surface area contributed by atoms with Gasteiger partial charge in [0.25, 0.3) is 5.89 Å². The lowest BCUT2D eigenvalue weighted by atomic mass is 10.1. The van der Waals surface area contributed by atoms with Crippen molar-refractivity contribution in [2.24, 2.45) is 0 Å². The van der Waals surface area contributed by atoms with E-state index in [1.54, 1.807) is 12.1 Å². The van der Waals surface area contributed by atoms with Crippen LogP contribution in [0.25, 0.3) is 22.4 Å². The second-order valence-corrected chi connectivity index (χ2v) is 6.11. The van der Waals surface area contributed by atoms with E-state index >= 15 is 0 Å². The van der Waals surface area contributed by atoms with Crippen molar-refractivity contribution in [2.75, 3.05) is 0 Å². The highest BCUT2D eigenvalue weighted by molar-refractivity contribution is 5.84. The lowest BCUT2D eigenvalue weighted by Crippen LogP contribution is -2.01. The summed E-state index contributed by atoms with van der Waals surface area (Å²) in [7, 11) is 0. The molecule has 6 nitrogen and oxygen atoms in total. The highest BCUT2D eigenvalue weighted by Crippen LogP contribution is 2.29. The molecule has 0 spiro atoms. The second-order valence-electron chi connectivity index (χ2n) is 6.11. The van der Waals surface area contributed by atoms with E-state index in [1.807, 2.05) is 26.0 Å². The summed E-state index contributed by atoms with van der Waals surface area (Å²) >= 11 is 0. The quantitative estimate of drug-likeness (QED) is 0.504. The molecule has 0 N–H and O–H groups in total. The Morgan fingerprint density at radius 2 is 1.81 bits per heavy atom. The van der Waals surface area contributed by atoms with E-state index in [1.165, 1.54) is 18.2 Å². The molecule has 0 aliphatic heterocycles. The van der Waals surface area contributed by atoms with Crippen molar-refractivity contribution in [3.63, 3.8) is 0 Å². The molecule has 2 aromatic carbocycles. The Labute approximate surface area is 153 Å². The monoisotopic (exact) mass is 366 g/mol. The Hall–Kier alpha value is -3.48. The highest BCUT2D eigenvalue weighted by atomic mass is 19.1. The van der Waals surface area contributed by atoms with E-state index < -0.39 is 5.63 Å². The standard InChI is InChI=1S/C20H15FN2O4/c1-11-9-18(24)27-19-12(2)16(8-7-15(11)19)25-10-17-22-23-20(26-17)13-3-5-14(21)6-4-13/h3-9H,10H2,1-2H3. The third-order valence-corrected chi connectivity index (χ3v) is 4.23. The van der Waals surface area contributed by atoms with Crippen LogP contribution in [0.15, 0.2) is 56.1 Å². The summed E-state index contributed by atoms with van der Waals surface area (Å²) in [5.41, 5.74) is 2.27. The minimum atomic E-state index is -0.402. The predicted octanol–water partition coefficient (Wildman–Crippen LogP) is 4.18. The SMILES string of the molecule is Cc1cc(=O)oc2c(C)c(OCc3nnc(-c4ccc(F)cc4)o3)ccc12. The molecule has 0 atom stereocenters. The molecule has 136 valence electrons. The fourth-order valence-corrected chi connectivity index (χ4v) is 2.82. The summed E-state index contributed by atoms with van der Waals surface area (Å²) in [6, 6.07) is 10.9. The minimum Gasteiger partial charge on any atom is -0.483 e. The molecule has 0 aliphatic carbocycles. The molecule has 7 heteroatoms. The lowest BCUT2D eigenvalue weighted by Gasteiger charge is -2.10. The smallest absolute Gasteiger partial charge is 0.336 e. The molecule has 0 saturated heterocycles. The Morgan fingerprint density at radius 3 is 2.59 bits per heavy atom. The van der Waals surface area contributed by atoms with Crippen LogP contribution in [-0.4, -0.2) is 10.2 Å². The lowest BCUT2D eigenvalue weighted by molar-refractivity contribution is 0.263. The zero-order chi connectivity index (χ0) is 19.0. The normalized spacial score (nSPS) is 11.1. The van der Waals surface area contributed by atoms with Gasteiger partial charge < -0.3 is 13.6 Å². The van der Waals surface area contributed by atoms with Gasteiger partial charge in [-0.1, -0.05) is 0 Å². The third kappa shape index (κ3) is 3.31. The molecule has 0 unspecified atom stereocenters. The number of ether oxygens (including phenoxy) is 1. The van der Waals surface area contributed by atoms with E-state index in [0.717, 1.165) is 10.9 Å². The van der Waals surface area contributed by atoms with Crippen molar-refractivity contribution in [3.8, 4) is 17.2 Å². The van der Waals surface area contributed by atoms with E-state index in [9.17, 15) is 9.18 Å². The number of aryl methyl sites for hydroxylation is 2. The van der Waals surface area contributed by atoms with E-state index in [2.05, 4.69) is 10.2 Å². The summed E-state index contributed by atoms with van der Waals surface area (Å²) in [5, 5.41) is 8.74. The first kappa shape index (κ1) is 17.0. The van der Waals surface area contributed by atoms with Crippen LogP contribution in [0.1, 0.15) is 17.0 Å². The average molecular weight is 366 g/mol. The fraction of sp³-hybridized carbons (Fsp3) is 0.150. The van der Waals surface area contributed by atoms with E-state index in [0.29, 0.717) is 22.5 Å². The topological polar surface area (TPSA) is 78.4 Å². The summed E-state index contributed by atoms with van der Waals surface area (Å²) in [6.07, 6.45) is 0. The number of halogens is 1. The van der Waals surface area contributed by atoms with Crippen molar-refractivity contribution >= 4 is 11.0 Å². The molecule has 0 fully saturated rings. The molecule has 0 radical (unpaired) electrons. The van der Waals surface area contributed by atoms with Crippen LogP contribution in [0.2, 0.25) is 0 Å². The van der Waals surface area contributed by atoms with Gasteiger partial charge in [-0.2, -0.15) is 0 Å². The molecule has 2 aromatic heterocycles. The first-order chi connectivity index (χ1) is 13.0. The van der Waals surface area contributed by atoms with Crippen LogP contribution in [0.5, 0.6) is 5.75 Å². The first-order valence-corrected chi connectivity index (χ1v) is 8.26. The Balaban J connectivity index is 1.56. The van der Waals surface area contributed by atoms with Crippen LogP contribution in [0, 0.1) is 19.7 Å². The summed E-state index contributed by atoms with van der Waals surface area (Å²) < 4.78 is 29.6. The van der Waals surface area contributed by atoms with Gasteiger partial charge in [-0.05, 0) is 55.8 Å². The van der Waals surface area contributed by atoms with Crippen LogP contribution in [-0.2, 0) is 6.61 Å². The molecule has 2 heterocycles. The van der Waals surface area contributed by atoms with Crippen molar-refractivity contribution in [1.82, 2.24) is 10.2 Å². The van der Waals surface area contributed by atoms with Gasteiger partial charge in [0.05, 0.1) is 0 Å². The first-order valence-electron chi connectivity index (χ1n) is 8.26. The molecule has 27 heavy (non-hydrogen) atoms. The molecular formula is C20H15FN2O4. The van der Waals surface area contributed by atoms with Crippen molar-refractivity contribution in [3.05, 3.63) is 75.7 Å². The van der Waals surface area contributed by atoms with Gasteiger partial charge in [0.15, 0.2) is 6.61 Å². The minimum absolute atomic E-state index is 0.0522. The maximum atomic E-state index is 13.0. The van der Waals surface area contributed by atoms with Crippen LogP contribution >= 0.6 is 0 Å². The second kappa shape index (κ2) is 6.68. The predicted molar refractivity (Wildman–Crippen MR) is 96.0 cm³/mol. The fourth-order valence-electron chi connectivity index (χ4n) is 2.82. The van der Waals surface area contributed by atoms with Gasteiger partial charge in [0.2, 0.25) is 5.89 Å². The maximum Gasteiger partial charge on any atom is 0.336 e. The Bertz CT molecular complexity index is 1180. The molecule has 4 aromatic rings. The summed E-state index contributed by atoms with van der Waals surface area (Å²) in [6.45, 7) is 3.73. The van der Waals surface area contributed by atoms with E-state index in [-0.39, 0.29) is 24.2 Å². The molecule has 0 aliphatic rings. The molecule has 0 amide bonds. The number of aromatic nitrogens is 2. The number of benzene rings is 2. The van der Waals surface area contributed by atoms with E-state index in [4.69, 9.17) is 13.6 Å². The Kier molecular flexibility index (Phi) is 4.19. The van der Waals surface area contributed by atoms with Gasteiger partial charge in [-0.25, -0.2) is 9.18 Å². The van der Waals surface area contributed by atoms with Crippen molar-refractivity contribution in [1.29, 1.82) is 0 Å². The molecular weight excluding hydrogens is 351 g/mol. The summed E-state index contributed by atoms with van der Waals surface area (Å²) in [5.74, 6) is 0.776. The van der Waals surface area contributed by atoms with Crippen molar-refractivity contribution < 1.29 is 18.0 Å².